The van der Waals surface area contributed by atoms with Crippen molar-refractivity contribution in [3.63, 3.8) is 0 Å². The third-order valence-electron chi connectivity index (χ3n) is 4.13. The molecule has 0 aliphatic carbocycles. The van der Waals surface area contributed by atoms with E-state index in [2.05, 4.69) is 21.2 Å². The molecule has 0 bridgehead atoms. The van der Waals surface area contributed by atoms with E-state index in [4.69, 9.17) is 0 Å². The number of phenolic OH excluding ortho intramolecular Hbond substituents is 1. The van der Waals surface area contributed by atoms with Crippen molar-refractivity contribution < 1.29 is 14.7 Å². The first-order valence-electron chi connectivity index (χ1n) is 9.34. The van der Waals surface area contributed by atoms with Crippen LogP contribution in [0.15, 0.2) is 84.0 Å². The van der Waals surface area contributed by atoms with E-state index in [-0.39, 0.29) is 18.1 Å². The number of anilines is 3. The number of hydrogen-bond acceptors (Lipinski definition) is 5. The number of phenols is 1. The van der Waals surface area contributed by atoms with Crippen molar-refractivity contribution >= 4 is 34.6 Å². The van der Waals surface area contributed by atoms with E-state index in [1.54, 1.807) is 6.92 Å². The summed E-state index contributed by atoms with van der Waals surface area (Å²) in [5, 5.41) is 19.3. The monoisotopic (exact) mass is 402 g/mol. The molecule has 3 rings (SSSR count). The molecule has 2 amide bonds. The summed E-state index contributed by atoms with van der Waals surface area (Å²) in [6.07, 6.45) is 0.0415. The molecule has 0 radical (unpaired) electrons. The van der Waals surface area contributed by atoms with Crippen LogP contribution in [0, 0.1) is 0 Å². The maximum Gasteiger partial charge on any atom is 0.271 e. The van der Waals surface area contributed by atoms with Gasteiger partial charge in [0.05, 0.1) is 6.42 Å². The number of nitrogens with zero attached hydrogens (tertiary/aromatic N) is 1. The van der Waals surface area contributed by atoms with Crippen molar-refractivity contribution in [3.05, 3.63) is 84.4 Å². The van der Waals surface area contributed by atoms with E-state index in [0.29, 0.717) is 17.0 Å². The zero-order chi connectivity index (χ0) is 21.3. The zero-order valence-corrected chi connectivity index (χ0v) is 16.4. The summed E-state index contributed by atoms with van der Waals surface area (Å²) in [4.78, 5) is 24.2. The van der Waals surface area contributed by atoms with Crippen molar-refractivity contribution in [3.8, 4) is 5.75 Å². The molecular weight excluding hydrogens is 380 g/mol. The standard InChI is InChI=1S/C23H22N4O3/c1-16(26-27-23(30)17-7-13-21(28)14-8-17)15-22(29)25-20-11-9-19(10-12-20)24-18-5-3-2-4-6-18/h2-14,24,28H,15H2,1H3,(H,25,29)(H,27,30)/b26-16-. The Labute approximate surface area is 174 Å². The molecule has 0 saturated heterocycles. The lowest BCUT2D eigenvalue weighted by Gasteiger charge is -2.09. The molecule has 0 aromatic heterocycles. The quantitative estimate of drug-likeness (QED) is 0.350. The second kappa shape index (κ2) is 9.88. The van der Waals surface area contributed by atoms with Gasteiger partial charge in [-0.15, -0.1) is 0 Å². The van der Waals surface area contributed by atoms with Gasteiger partial charge >= 0.3 is 0 Å². The smallest absolute Gasteiger partial charge is 0.271 e. The largest absolute Gasteiger partial charge is 0.508 e. The molecule has 7 nitrogen and oxygen atoms in total. The number of para-hydroxylation sites is 1. The fourth-order valence-corrected chi connectivity index (χ4v) is 2.63. The van der Waals surface area contributed by atoms with Gasteiger partial charge in [0.25, 0.3) is 5.91 Å². The minimum Gasteiger partial charge on any atom is -0.508 e. The summed E-state index contributed by atoms with van der Waals surface area (Å²) in [5.41, 5.74) is 5.78. The third-order valence-corrected chi connectivity index (χ3v) is 4.13. The molecule has 152 valence electrons. The molecule has 0 aliphatic heterocycles. The normalized spacial score (nSPS) is 10.9. The van der Waals surface area contributed by atoms with Gasteiger partial charge in [-0.1, -0.05) is 18.2 Å². The van der Waals surface area contributed by atoms with Gasteiger partial charge in [0, 0.05) is 28.3 Å². The highest BCUT2D eigenvalue weighted by atomic mass is 16.3. The molecule has 0 heterocycles. The first-order valence-corrected chi connectivity index (χ1v) is 9.34. The fraction of sp³-hybridized carbons (Fsp3) is 0.0870. The number of nitrogens with one attached hydrogen (secondary N) is 3. The lowest BCUT2D eigenvalue weighted by Crippen LogP contribution is -2.21. The number of amides is 2. The molecule has 0 aliphatic rings. The van der Waals surface area contributed by atoms with Gasteiger partial charge < -0.3 is 15.7 Å². The Morgan fingerprint density at radius 1 is 0.833 bits per heavy atom. The predicted octanol–water partition coefficient (Wildman–Crippen LogP) is 4.27. The van der Waals surface area contributed by atoms with Crippen molar-refractivity contribution in [2.45, 2.75) is 13.3 Å². The van der Waals surface area contributed by atoms with Gasteiger partial charge in [0.2, 0.25) is 5.91 Å². The van der Waals surface area contributed by atoms with E-state index < -0.39 is 5.91 Å². The second-order valence-electron chi connectivity index (χ2n) is 6.63. The molecule has 0 spiro atoms. The molecule has 3 aromatic rings. The number of carbonyl (C=O) groups is 2. The molecule has 4 N–H and O–H groups in total. The number of aromatic hydroxyl groups is 1. The average molecular weight is 402 g/mol. The first kappa shape index (κ1) is 20.6. The first-order chi connectivity index (χ1) is 14.5. The van der Waals surface area contributed by atoms with Crippen molar-refractivity contribution in [1.29, 1.82) is 0 Å². The Hall–Kier alpha value is -4.13. The Bertz CT molecular complexity index is 1030. The maximum atomic E-state index is 12.2. The molecule has 3 aromatic carbocycles. The van der Waals surface area contributed by atoms with Crippen LogP contribution in [0.25, 0.3) is 0 Å². The van der Waals surface area contributed by atoms with Crippen LogP contribution in [0.5, 0.6) is 5.75 Å². The van der Waals surface area contributed by atoms with E-state index >= 15 is 0 Å². The van der Waals surface area contributed by atoms with Crippen molar-refractivity contribution in [2.75, 3.05) is 10.6 Å². The highest BCUT2D eigenvalue weighted by molar-refractivity contribution is 6.06. The summed E-state index contributed by atoms with van der Waals surface area (Å²) in [7, 11) is 0. The average Bonchev–Trinajstić information content (AvgIpc) is 2.74. The Balaban J connectivity index is 1.48. The van der Waals surface area contributed by atoms with Crippen LogP contribution in [0.4, 0.5) is 17.1 Å². The number of carbonyl (C=O) groups excluding carboxylic acids is 2. The van der Waals surface area contributed by atoms with E-state index in [9.17, 15) is 14.7 Å². The topological polar surface area (TPSA) is 103 Å². The van der Waals surface area contributed by atoms with Gasteiger partial charge in [0.15, 0.2) is 0 Å². The summed E-state index contributed by atoms with van der Waals surface area (Å²) < 4.78 is 0. The SMILES string of the molecule is C/C(CC(=O)Nc1ccc(Nc2ccccc2)cc1)=N/NC(=O)c1ccc(O)cc1. The van der Waals surface area contributed by atoms with Gasteiger partial charge in [-0.3, -0.25) is 9.59 Å². The lowest BCUT2D eigenvalue weighted by molar-refractivity contribution is -0.115. The number of hydrogen-bond donors (Lipinski definition) is 4. The molecule has 0 fully saturated rings. The Kier molecular flexibility index (Phi) is 6.78. The van der Waals surface area contributed by atoms with E-state index in [1.165, 1.54) is 24.3 Å². The number of hydrazone groups is 1. The van der Waals surface area contributed by atoms with Crippen LogP contribution in [-0.4, -0.2) is 22.6 Å². The molecular formula is C23H22N4O3. The number of rotatable bonds is 7. The lowest BCUT2D eigenvalue weighted by atomic mass is 10.2. The fourth-order valence-electron chi connectivity index (χ4n) is 2.63. The molecule has 0 saturated carbocycles. The van der Waals surface area contributed by atoms with Gasteiger partial charge in [0.1, 0.15) is 5.75 Å². The summed E-state index contributed by atoms with van der Waals surface area (Å²) in [6.45, 7) is 1.66. The minimum absolute atomic E-state index is 0.0415. The van der Waals surface area contributed by atoms with Crippen molar-refractivity contribution in [2.24, 2.45) is 5.10 Å². The summed E-state index contributed by atoms with van der Waals surface area (Å²) in [5.74, 6) is -0.582. The number of benzene rings is 3. The molecule has 7 heteroatoms. The van der Waals surface area contributed by atoms with E-state index in [1.807, 2.05) is 54.6 Å². The van der Waals surface area contributed by atoms with Crippen LogP contribution in [0.1, 0.15) is 23.7 Å². The minimum atomic E-state index is -0.420. The molecule has 0 unspecified atom stereocenters. The van der Waals surface area contributed by atoms with Gasteiger partial charge in [-0.2, -0.15) is 5.10 Å². The van der Waals surface area contributed by atoms with Crippen LogP contribution >= 0.6 is 0 Å². The van der Waals surface area contributed by atoms with Crippen LogP contribution < -0.4 is 16.1 Å². The van der Waals surface area contributed by atoms with Crippen molar-refractivity contribution in [1.82, 2.24) is 5.43 Å². The zero-order valence-electron chi connectivity index (χ0n) is 16.4. The Morgan fingerprint density at radius 3 is 2.10 bits per heavy atom. The molecule has 0 atom stereocenters. The van der Waals surface area contributed by atoms with Gasteiger partial charge in [-0.05, 0) is 67.6 Å². The summed E-state index contributed by atoms with van der Waals surface area (Å²) in [6, 6.07) is 23.0. The maximum absolute atomic E-state index is 12.2. The van der Waals surface area contributed by atoms with E-state index in [0.717, 1.165) is 11.4 Å². The predicted molar refractivity (Wildman–Crippen MR) is 118 cm³/mol. The van der Waals surface area contributed by atoms with Crippen LogP contribution in [-0.2, 0) is 4.79 Å². The third kappa shape index (κ3) is 6.20. The second-order valence-corrected chi connectivity index (χ2v) is 6.63. The molecule has 30 heavy (non-hydrogen) atoms. The van der Waals surface area contributed by atoms with Gasteiger partial charge in [-0.25, -0.2) is 5.43 Å². The highest BCUT2D eigenvalue weighted by Gasteiger charge is 2.07. The van der Waals surface area contributed by atoms with Crippen LogP contribution in [0.2, 0.25) is 0 Å². The summed E-state index contributed by atoms with van der Waals surface area (Å²) >= 11 is 0. The Morgan fingerprint density at radius 2 is 1.43 bits per heavy atom. The highest BCUT2D eigenvalue weighted by Crippen LogP contribution is 2.18. The van der Waals surface area contributed by atoms with Crippen LogP contribution in [0.3, 0.4) is 0 Å².